The molecule has 1 aromatic carbocycles. The van der Waals surface area contributed by atoms with Crippen LogP contribution < -0.4 is 0 Å². The van der Waals surface area contributed by atoms with Crippen molar-refractivity contribution in [2.45, 2.75) is 18.4 Å². The lowest BCUT2D eigenvalue weighted by Gasteiger charge is -2.19. The van der Waals surface area contributed by atoms with Gasteiger partial charge in [-0.25, -0.2) is 13.0 Å². The van der Waals surface area contributed by atoms with Crippen LogP contribution in [0.1, 0.15) is 12.5 Å². The van der Waals surface area contributed by atoms with Crippen LogP contribution in [0.5, 0.6) is 0 Å². The van der Waals surface area contributed by atoms with E-state index in [1.54, 1.807) is 25.1 Å². The molecule has 7 nitrogen and oxygen atoms in total. The molecule has 0 saturated carbocycles. The molecule has 3 aromatic rings. The highest BCUT2D eigenvalue weighted by molar-refractivity contribution is 7.89. The average Bonchev–Trinajstić information content (AvgIpc) is 3.14. The van der Waals surface area contributed by atoms with E-state index < -0.39 is 10.0 Å². The van der Waals surface area contributed by atoms with E-state index in [-0.39, 0.29) is 17.0 Å². The third kappa shape index (κ3) is 2.43. The maximum absolute atomic E-state index is 12.8. The van der Waals surface area contributed by atoms with E-state index >= 15 is 0 Å². The van der Waals surface area contributed by atoms with Gasteiger partial charge < -0.3 is 4.42 Å². The van der Waals surface area contributed by atoms with Gasteiger partial charge in [0, 0.05) is 18.7 Å². The molecule has 0 spiro atoms. The van der Waals surface area contributed by atoms with Crippen LogP contribution >= 0.6 is 0 Å². The highest BCUT2D eigenvalue weighted by atomic mass is 32.2. The van der Waals surface area contributed by atoms with Gasteiger partial charge >= 0.3 is 0 Å². The molecule has 3 rings (SSSR count). The molecule has 0 saturated heterocycles. The van der Waals surface area contributed by atoms with Gasteiger partial charge in [-0.3, -0.25) is 0 Å². The van der Waals surface area contributed by atoms with Crippen LogP contribution in [-0.4, -0.2) is 29.6 Å². The summed E-state index contributed by atoms with van der Waals surface area (Å²) in [5.41, 5.74) is 1.43. The van der Waals surface area contributed by atoms with Crippen LogP contribution in [0, 0.1) is 0 Å². The first-order valence-corrected chi connectivity index (χ1v) is 7.79. The number of aromatic nitrogens is 2. The lowest BCUT2D eigenvalue weighted by Crippen LogP contribution is -2.30. The molecular weight excluding hydrogens is 294 g/mol. The van der Waals surface area contributed by atoms with Gasteiger partial charge in [0.2, 0.25) is 10.0 Å². The third-order valence-corrected chi connectivity index (χ3v) is 5.11. The summed E-state index contributed by atoms with van der Waals surface area (Å²) in [5, 5.41) is 7.36. The molecule has 0 unspecified atom stereocenters. The highest BCUT2D eigenvalue weighted by Gasteiger charge is 2.27. The number of furan rings is 1. The van der Waals surface area contributed by atoms with Crippen molar-refractivity contribution >= 4 is 21.1 Å². The van der Waals surface area contributed by atoms with Crippen molar-refractivity contribution in [2.75, 3.05) is 6.54 Å². The SMILES string of the molecule is CCN(Cc1ccoc1)S(=O)(=O)c1cccc2nonc12. The molecule has 0 fully saturated rings. The van der Waals surface area contributed by atoms with E-state index in [1.807, 2.05) is 0 Å². The summed E-state index contributed by atoms with van der Waals surface area (Å²) >= 11 is 0. The van der Waals surface area contributed by atoms with Crippen LogP contribution in [0.25, 0.3) is 11.0 Å². The molecule has 0 bridgehead atoms. The molecular formula is C13H13N3O4S. The molecule has 0 aliphatic rings. The summed E-state index contributed by atoms with van der Waals surface area (Å²) in [6, 6.07) is 6.50. The molecule has 110 valence electrons. The lowest BCUT2D eigenvalue weighted by atomic mass is 10.3. The van der Waals surface area contributed by atoms with Crippen LogP contribution in [0.3, 0.4) is 0 Å². The summed E-state index contributed by atoms with van der Waals surface area (Å²) in [4.78, 5) is 0.0894. The van der Waals surface area contributed by atoms with Crippen LogP contribution in [0.2, 0.25) is 0 Å². The zero-order chi connectivity index (χ0) is 14.9. The lowest BCUT2D eigenvalue weighted by molar-refractivity contribution is 0.315. The van der Waals surface area contributed by atoms with Gasteiger partial charge in [0.05, 0.1) is 12.5 Å². The fourth-order valence-electron chi connectivity index (χ4n) is 2.08. The van der Waals surface area contributed by atoms with Crippen molar-refractivity contribution in [1.82, 2.24) is 14.6 Å². The third-order valence-electron chi connectivity index (χ3n) is 3.16. The first-order valence-electron chi connectivity index (χ1n) is 6.35. The number of rotatable bonds is 5. The Morgan fingerprint density at radius 2 is 2.10 bits per heavy atom. The molecule has 0 aliphatic carbocycles. The van der Waals surface area contributed by atoms with E-state index in [2.05, 4.69) is 14.9 Å². The van der Waals surface area contributed by atoms with Gasteiger partial charge in [0.25, 0.3) is 0 Å². The summed E-state index contributed by atoms with van der Waals surface area (Å²) < 4.78 is 36.5. The highest BCUT2D eigenvalue weighted by Crippen LogP contribution is 2.24. The molecule has 2 aromatic heterocycles. The maximum atomic E-state index is 12.8. The molecule has 0 atom stereocenters. The first-order chi connectivity index (χ1) is 10.1. The molecule has 21 heavy (non-hydrogen) atoms. The minimum Gasteiger partial charge on any atom is -0.472 e. The second-order valence-electron chi connectivity index (χ2n) is 4.45. The number of sulfonamides is 1. The Kier molecular flexibility index (Phi) is 3.48. The summed E-state index contributed by atoms with van der Waals surface area (Å²) in [6.07, 6.45) is 3.04. The Morgan fingerprint density at radius 1 is 1.24 bits per heavy atom. The fourth-order valence-corrected chi connectivity index (χ4v) is 3.66. The topological polar surface area (TPSA) is 89.4 Å². The Morgan fingerprint density at radius 3 is 2.81 bits per heavy atom. The van der Waals surface area contributed by atoms with Crippen molar-refractivity contribution in [2.24, 2.45) is 0 Å². The minimum absolute atomic E-state index is 0.0894. The number of fused-ring (bicyclic) bond motifs is 1. The maximum Gasteiger partial charge on any atom is 0.245 e. The normalized spacial score (nSPS) is 12.3. The number of nitrogens with zero attached hydrogens (tertiary/aromatic N) is 3. The molecule has 2 heterocycles. The Labute approximate surface area is 121 Å². The molecule has 0 aliphatic heterocycles. The zero-order valence-corrected chi connectivity index (χ0v) is 12.1. The van der Waals surface area contributed by atoms with Gasteiger partial charge in [0.15, 0.2) is 5.52 Å². The number of benzene rings is 1. The Bertz CT molecular complexity index is 839. The van der Waals surface area contributed by atoms with E-state index in [9.17, 15) is 8.42 Å². The first kappa shape index (κ1) is 13.8. The number of hydrogen-bond donors (Lipinski definition) is 0. The van der Waals surface area contributed by atoms with E-state index in [0.717, 1.165) is 5.56 Å². The fraction of sp³-hybridized carbons (Fsp3) is 0.231. The predicted molar refractivity (Wildman–Crippen MR) is 73.8 cm³/mol. The van der Waals surface area contributed by atoms with E-state index in [4.69, 9.17) is 4.42 Å². The Balaban J connectivity index is 2.04. The minimum atomic E-state index is -3.69. The van der Waals surface area contributed by atoms with Crippen molar-refractivity contribution in [3.8, 4) is 0 Å². The van der Waals surface area contributed by atoms with Crippen molar-refractivity contribution in [3.63, 3.8) is 0 Å². The van der Waals surface area contributed by atoms with Crippen LogP contribution in [0.4, 0.5) is 0 Å². The van der Waals surface area contributed by atoms with Crippen molar-refractivity contribution in [3.05, 3.63) is 42.4 Å². The standard InChI is InChI=1S/C13H13N3O4S/c1-2-16(8-10-6-7-19-9-10)21(17,18)12-5-3-4-11-13(12)15-20-14-11/h3-7,9H,2,8H2,1H3. The summed E-state index contributed by atoms with van der Waals surface area (Å²) in [6.45, 7) is 2.34. The molecule has 0 radical (unpaired) electrons. The molecule has 8 heteroatoms. The smallest absolute Gasteiger partial charge is 0.245 e. The quantitative estimate of drug-likeness (QED) is 0.716. The second kappa shape index (κ2) is 5.30. The van der Waals surface area contributed by atoms with Crippen molar-refractivity contribution < 1.29 is 17.5 Å². The van der Waals surface area contributed by atoms with Gasteiger partial charge in [-0.1, -0.05) is 13.0 Å². The Hall–Kier alpha value is -2.19. The monoisotopic (exact) mass is 307 g/mol. The molecule has 0 amide bonds. The van der Waals surface area contributed by atoms with E-state index in [1.165, 1.54) is 22.9 Å². The molecule has 0 N–H and O–H groups in total. The summed E-state index contributed by atoms with van der Waals surface area (Å²) in [7, 11) is -3.69. The van der Waals surface area contributed by atoms with Crippen LogP contribution in [0.15, 0.2) is 50.7 Å². The van der Waals surface area contributed by atoms with Gasteiger partial charge in [0.1, 0.15) is 10.4 Å². The van der Waals surface area contributed by atoms with Gasteiger partial charge in [-0.15, -0.1) is 0 Å². The van der Waals surface area contributed by atoms with Crippen molar-refractivity contribution in [1.29, 1.82) is 0 Å². The van der Waals surface area contributed by atoms with Gasteiger partial charge in [-0.2, -0.15) is 4.31 Å². The van der Waals surface area contributed by atoms with Crippen LogP contribution in [-0.2, 0) is 16.6 Å². The predicted octanol–water partition coefficient (Wildman–Crippen LogP) is 2.03. The average molecular weight is 307 g/mol. The summed E-state index contributed by atoms with van der Waals surface area (Å²) in [5.74, 6) is 0. The largest absolute Gasteiger partial charge is 0.472 e. The van der Waals surface area contributed by atoms with Gasteiger partial charge in [-0.05, 0) is 28.5 Å². The second-order valence-corrected chi connectivity index (χ2v) is 6.36. The zero-order valence-electron chi connectivity index (χ0n) is 11.3. The van der Waals surface area contributed by atoms with E-state index in [0.29, 0.717) is 12.1 Å². The number of hydrogen-bond acceptors (Lipinski definition) is 6.